The van der Waals surface area contributed by atoms with E-state index >= 15 is 0 Å². The minimum absolute atomic E-state index is 0.118. The third-order valence-electron chi connectivity index (χ3n) is 3.97. The molecule has 0 aromatic rings. The monoisotopic (exact) mass is 194 g/mol. The van der Waals surface area contributed by atoms with Crippen molar-refractivity contribution in [3.63, 3.8) is 0 Å². The van der Waals surface area contributed by atoms with Crippen molar-refractivity contribution in [2.45, 2.75) is 52.6 Å². The first kappa shape index (κ1) is 10.2. The molecule has 0 N–H and O–H groups in total. The Kier molecular flexibility index (Phi) is 2.46. The van der Waals surface area contributed by atoms with E-state index in [9.17, 15) is 0 Å². The van der Waals surface area contributed by atoms with Gasteiger partial charge >= 0.3 is 0 Å². The Morgan fingerprint density at radius 3 is 2.29 bits per heavy atom. The molecular weight excluding hydrogens is 172 g/mol. The first-order chi connectivity index (χ1) is 6.48. The van der Waals surface area contributed by atoms with Crippen LogP contribution in [-0.4, -0.2) is 12.2 Å². The van der Waals surface area contributed by atoms with E-state index < -0.39 is 0 Å². The normalized spacial score (nSPS) is 36.9. The number of allylic oxidation sites excluding steroid dienone is 2. The highest BCUT2D eigenvalue weighted by Gasteiger charge is 2.37. The lowest BCUT2D eigenvalue weighted by atomic mass is 9.71. The summed E-state index contributed by atoms with van der Waals surface area (Å²) < 4.78 is 5.90. The Morgan fingerprint density at radius 2 is 1.64 bits per heavy atom. The van der Waals surface area contributed by atoms with Crippen molar-refractivity contribution in [2.75, 3.05) is 6.61 Å². The van der Waals surface area contributed by atoms with Gasteiger partial charge in [0, 0.05) is 0 Å². The van der Waals surface area contributed by atoms with E-state index in [4.69, 9.17) is 4.74 Å². The van der Waals surface area contributed by atoms with Crippen LogP contribution in [0.5, 0.6) is 0 Å². The standard InChI is InChI=1S/C13H22O/c1-9-5-11-7-13(3,4)14-8-12(11)6-10(9)2/h11-12H,5-8H2,1-4H3. The second kappa shape index (κ2) is 3.37. The van der Waals surface area contributed by atoms with Crippen LogP contribution in [0.3, 0.4) is 0 Å². The molecule has 1 heteroatoms. The molecule has 0 bridgehead atoms. The Labute approximate surface area is 87.5 Å². The Balaban J connectivity index is 2.12. The van der Waals surface area contributed by atoms with E-state index in [1.165, 1.54) is 19.3 Å². The Hall–Kier alpha value is -0.300. The van der Waals surface area contributed by atoms with Gasteiger partial charge in [-0.05, 0) is 58.8 Å². The number of fused-ring (bicyclic) bond motifs is 1. The van der Waals surface area contributed by atoms with Crippen molar-refractivity contribution in [1.29, 1.82) is 0 Å². The van der Waals surface area contributed by atoms with E-state index in [0.29, 0.717) is 0 Å². The van der Waals surface area contributed by atoms with Crippen LogP contribution in [0.25, 0.3) is 0 Å². The lowest BCUT2D eigenvalue weighted by Gasteiger charge is -2.43. The summed E-state index contributed by atoms with van der Waals surface area (Å²) in [4.78, 5) is 0. The smallest absolute Gasteiger partial charge is 0.0629 e. The van der Waals surface area contributed by atoms with Crippen molar-refractivity contribution in [1.82, 2.24) is 0 Å². The predicted octanol–water partition coefficient (Wildman–Crippen LogP) is 3.55. The summed E-state index contributed by atoms with van der Waals surface area (Å²) in [6.07, 6.45) is 3.82. The average molecular weight is 194 g/mol. The molecule has 0 saturated carbocycles. The molecular formula is C13H22O. The summed E-state index contributed by atoms with van der Waals surface area (Å²) in [5.74, 6) is 1.68. The summed E-state index contributed by atoms with van der Waals surface area (Å²) >= 11 is 0. The second-order valence-corrected chi connectivity index (χ2v) is 5.76. The molecule has 0 amide bonds. The lowest BCUT2D eigenvalue weighted by molar-refractivity contribution is -0.104. The quantitative estimate of drug-likeness (QED) is 0.536. The first-order valence-electron chi connectivity index (χ1n) is 5.77. The minimum atomic E-state index is 0.118. The van der Waals surface area contributed by atoms with E-state index in [1.807, 2.05) is 0 Å². The van der Waals surface area contributed by atoms with Crippen molar-refractivity contribution < 1.29 is 4.74 Å². The van der Waals surface area contributed by atoms with E-state index in [1.54, 1.807) is 11.1 Å². The van der Waals surface area contributed by atoms with Crippen LogP contribution in [-0.2, 0) is 4.74 Å². The third-order valence-corrected chi connectivity index (χ3v) is 3.97. The van der Waals surface area contributed by atoms with Gasteiger partial charge in [-0.15, -0.1) is 0 Å². The molecule has 14 heavy (non-hydrogen) atoms. The maximum absolute atomic E-state index is 5.90. The molecule has 2 unspecified atom stereocenters. The fourth-order valence-corrected chi connectivity index (χ4v) is 2.93. The van der Waals surface area contributed by atoms with Gasteiger partial charge in [-0.3, -0.25) is 0 Å². The number of hydrogen-bond donors (Lipinski definition) is 0. The van der Waals surface area contributed by atoms with Gasteiger partial charge < -0.3 is 4.74 Å². The number of hydrogen-bond acceptors (Lipinski definition) is 1. The van der Waals surface area contributed by atoms with Crippen molar-refractivity contribution >= 4 is 0 Å². The maximum atomic E-state index is 5.90. The van der Waals surface area contributed by atoms with Gasteiger partial charge in [0.1, 0.15) is 0 Å². The molecule has 0 spiro atoms. The molecule has 2 aliphatic rings. The van der Waals surface area contributed by atoms with Gasteiger partial charge in [0.15, 0.2) is 0 Å². The zero-order chi connectivity index (χ0) is 10.3. The Bertz CT molecular complexity index is 262. The molecule has 1 saturated heterocycles. The largest absolute Gasteiger partial charge is 0.375 e. The zero-order valence-electron chi connectivity index (χ0n) is 9.89. The zero-order valence-corrected chi connectivity index (χ0v) is 9.89. The van der Waals surface area contributed by atoms with Gasteiger partial charge in [-0.1, -0.05) is 11.1 Å². The van der Waals surface area contributed by atoms with Gasteiger partial charge in [-0.2, -0.15) is 0 Å². The lowest BCUT2D eigenvalue weighted by Crippen LogP contribution is -2.41. The molecule has 0 aromatic heterocycles. The fourth-order valence-electron chi connectivity index (χ4n) is 2.93. The first-order valence-corrected chi connectivity index (χ1v) is 5.77. The molecule has 1 heterocycles. The molecule has 2 rings (SSSR count). The molecule has 1 aliphatic carbocycles. The van der Waals surface area contributed by atoms with Gasteiger partial charge in [0.2, 0.25) is 0 Å². The summed E-state index contributed by atoms with van der Waals surface area (Å²) in [5, 5.41) is 0. The summed E-state index contributed by atoms with van der Waals surface area (Å²) in [6.45, 7) is 10.0. The van der Waals surface area contributed by atoms with Crippen LogP contribution >= 0.6 is 0 Å². The fraction of sp³-hybridized carbons (Fsp3) is 0.846. The summed E-state index contributed by atoms with van der Waals surface area (Å²) in [6, 6.07) is 0. The summed E-state index contributed by atoms with van der Waals surface area (Å²) in [5.41, 5.74) is 3.35. The maximum Gasteiger partial charge on any atom is 0.0629 e. The number of ether oxygens (including phenoxy) is 1. The van der Waals surface area contributed by atoms with Gasteiger partial charge in [0.05, 0.1) is 12.2 Å². The van der Waals surface area contributed by atoms with Crippen molar-refractivity contribution in [2.24, 2.45) is 11.8 Å². The minimum Gasteiger partial charge on any atom is -0.375 e. The second-order valence-electron chi connectivity index (χ2n) is 5.76. The topological polar surface area (TPSA) is 9.23 Å². The van der Waals surface area contributed by atoms with Crippen LogP contribution in [0.4, 0.5) is 0 Å². The Morgan fingerprint density at radius 1 is 1.07 bits per heavy atom. The molecule has 2 atom stereocenters. The molecule has 1 fully saturated rings. The van der Waals surface area contributed by atoms with E-state index in [0.717, 1.165) is 18.4 Å². The average Bonchev–Trinajstić information content (AvgIpc) is 2.07. The number of rotatable bonds is 0. The molecule has 1 aliphatic heterocycles. The highest BCUT2D eigenvalue weighted by molar-refractivity contribution is 5.16. The third kappa shape index (κ3) is 1.88. The van der Waals surface area contributed by atoms with E-state index in [-0.39, 0.29) is 5.60 Å². The van der Waals surface area contributed by atoms with Crippen molar-refractivity contribution in [3.8, 4) is 0 Å². The van der Waals surface area contributed by atoms with Gasteiger partial charge in [0.25, 0.3) is 0 Å². The summed E-state index contributed by atoms with van der Waals surface area (Å²) in [7, 11) is 0. The van der Waals surface area contributed by atoms with Gasteiger partial charge in [-0.25, -0.2) is 0 Å². The van der Waals surface area contributed by atoms with Crippen LogP contribution in [0, 0.1) is 11.8 Å². The highest BCUT2D eigenvalue weighted by Crippen LogP contribution is 2.42. The SMILES string of the molecule is CC1=C(C)CC2CC(C)(C)OCC2C1. The van der Waals surface area contributed by atoms with Crippen molar-refractivity contribution in [3.05, 3.63) is 11.1 Å². The predicted molar refractivity (Wildman–Crippen MR) is 59.2 cm³/mol. The van der Waals surface area contributed by atoms with Crippen LogP contribution in [0.1, 0.15) is 47.0 Å². The molecule has 0 radical (unpaired) electrons. The molecule has 0 aromatic carbocycles. The molecule has 80 valence electrons. The highest BCUT2D eigenvalue weighted by atomic mass is 16.5. The van der Waals surface area contributed by atoms with E-state index in [2.05, 4.69) is 27.7 Å². The van der Waals surface area contributed by atoms with Crippen LogP contribution in [0.15, 0.2) is 11.1 Å². The van der Waals surface area contributed by atoms with Crippen LogP contribution < -0.4 is 0 Å². The van der Waals surface area contributed by atoms with Crippen LogP contribution in [0.2, 0.25) is 0 Å². The molecule has 1 nitrogen and oxygen atoms in total.